The molecule has 0 saturated heterocycles. The van der Waals surface area contributed by atoms with Crippen molar-refractivity contribution in [1.29, 1.82) is 0 Å². The molecule has 1 atom stereocenters. The molecule has 0 aliphatic carbocycles. The molecule has 0 aliphatic heterocycles. The van der Waals surface area contributed by atoms with Gasteiger partial charge >= 0.3 is 0 Å². The lowest BCUT2D eigenvalue weighted by Crippen LogP contribution is -2.28. The molecule has 1 unspecified atom stereocenters. The molecule has 0 bridgehead atoms. The van der Waals surface area contributed by atoms with E-state index >= 15 is 0 Å². The van der Waals surface area contributed by atoms with Crippen LogP contribution in [0, 0.1) is 10.1 Å². The van der Waals surface area contributed by atoms with Crippen molar-refractivity contribution >= 4 is 22.6 Å². The van der Waals surface area contributed by atoms with Gasteiger partial charge in [0, 0.05) is 6.07 Å². The number of hydrogen-bond acceptors (Lipinski definition) is 6. The van der Waals surface area contributed by atoms with E-state index in [1.807, 2.05) is 24.3 Å². The maximum absolute atomic E-state index is 12.7. The van der Waals surface area contributed by atoms with Gasteiger partial charge in [-0.05, 0) is 19.1 Å². The van der Waals surface area contributed by atoms with Crippen LogP contribution < -0.4 is 14.8 Å². The Morgan fingerprint density at radius 2 is 1.89 bits per heavy atom. The summed E-state index contributed by atoms with van der Waals surface area (Å²) in [5.41, 5.74) is 1.11. The molecule has 3 rings (SSSR count). The Labute approximate surface area is 154 Å². The maximum atomic E-state index is 12.7. The summed E-state index contributed by atoms with van der Waals surface area (Å²) in [6.07, 6.45) is 0. The molecule has 9 nitrogen and oxygen atoms in total. The third-order valence-electron chi connectivity index (χ3n) is 4.11. The van der Waals surface area contributed by atoms with Gasteiger partial charge < -0.3 is 19.8 Å². The van der Waals surface area contributed by atoms with Crippen molar-refractivity contribution in [2.75, 3.05) is 14.2 Å². The van der Waals surface area contributed by atoms with Crippen LogP contribution in [0.2, 0.25) is 0 Å². The first kappa shape index (κ1) is 18.2. The van der Waals surface area contributed by atoms with Crippen molar-refractivity contribution in [3.63, 3.8) is 0 Å². The summed E-state index contributed by atoms with van der Waals surface area (Å²) in [6, 6.07) is 9.43. The summed E-state index contributed by atoms with van der Waals surface area (Å²) in [5.74, 6) is 0.332. The van der Waals surface area contributed by atoms with Gasteiger partial charge in [-0.15, -0.1) is 0 Å². The molecule has 0 radical (unpaired) electrons. The van der Waals surface area contributed by atoms with Crippen molar-refractivity contribution in [2.45, 2.75) is 13.0 Å². The van der Waals surface area contributed by atoms with Gasteiger partial charge in [0.05, 0.1) is 42.3 Å². The first-order chi connectivity index (χ1) is 12.9. The summed E-state index contributed by atoms with van der Waals surface area (Å²) < 4.78 is 10.2. The predicted octanol–water partition coefficient (Wildman–Crippen LogP) is 2.98. The van der Waals surface area contributed by atoms with E-state index in [1.54, 1.807) is 6.92 Å². The van der Waals surface area contributed by atoms with E-state index < -0.39 is 16.9 Å². The lowest BCUT2D eigenvalue weighted by atomic mass is 10.1. The number of methoxy groups -OCH3 is 2. The number of amides is 1. The average molecular weight is 370 g/mol. The second kappa shape index (κ2) is 7.32. The number of nitro benzene ring substituents is 1. The standard InChI is InChI=1S/C18H18N4O5/c1-10(17-20-12-6-4-5-7-13(12)21-17)19-18(23)11-8-15(26-2)16(27-3)9-14(11)22(24)25/h4-10H,1-3H3,(H,19,23)(H,20,21). The zero-order valence-corrected chi connectivity index (χ0v) is 15.0. The minimum absolute atomic E-state index is 0.124. The number of hydrogen-bond donors (Lipinski definition) is 2. The van der Waals surface area contributed by atoms with Gasteiger partial charge in [-0.25, -0.2) is 4.98 Å². The first-order valence-corrected chi connectivity index (χ1v) is 8.10. The van der Waals surface area contributed by atoms with E-state index in [4.69, 9.17) is 9.47 Å². The average Bonchev–Trinajstić information content (AvgIpc) is 3.11. The van der Waals surface area contributed by atoms with Crippen molar-refractivity contribution in [3.8, 4) is 11.5 Å². The van der Waals surface area contributed by atoms with Crippen LogP contribution in [0.1, 0.15) is 29.1 Å². The fourth-order valence-corrected chi connectivity index (χ4v) is 2.72. The van der Waals surface area contributed by atoms with Gasteiger partial charge in [-0.1, -0.05) is 12.1 Å². The van der Waals surface area contributed by atoms with Crippen molar-refractivity contribution < 1.29 is 19.2 Å². The van der Waals surface area contributed by atoms with E-state index in [-0.39, 0.29) is 22.7 Å². The monoisotopic (exact) mass is 370 g/mol. The summed E-state index contributed by atoms with van der Waals surface area (Å²) in [6.45, 7) is 1.74. The number of rotatable bonds is 6. The molecule has 0 aliphatic rings. The third kappa shape index (κ3) is 3.52. The number of carbonyl (C=O) groups is 1. The highest BCUT2D eigenvalue weighted by Gasteiger charge is 2.26. The number of aromatic amines is 1. The maximum Gasteiger partial charge on any atom is 0.286 e. The van der Waals surface area contributed by atoms with Crippen LogP contribution in [0.5, 0.6) is 11.5 Å². The number of nitrogens with one attached hydrogen (secondary N) is 2. The van der Waals surface area contributed by atoms with E-state index in [2.05, 4.69) is 15.3 Å². The Bertz CT molecular complexity index is 981. The number of benzene rings is 2. The fraction of sp³-hybridized carbons (Fsp3) is 0.222. The lowest BCUT2D eigenvalue weighted by molar-refractivity contribution is -0.385. The molecular formula is C18H18N4O5. The van der Waals surface area contributed by atoms with E-state index in [0.717, 1.165) is 11.0 Å². The van der Waals surface area contributed by atoms with Crippen molar-refractivity contribution in [2.24, 2.45) is 0 Å². The molecule has 1 heterocycles. The SMILES string of the molecule is COc1cc(C(=O)NC(C)c2nc3ccccc3[nH]2)c([N+](=O)[O-])cc1OC. The highest BCUT2D eigenvalue weighted by atomic mass is 16.6. The summed E-state index contributed by atoms with van der Waals surface area (Å²) in [4.78, 5) is 31.0. The van der Waals surface area contributed by atoms with Gasteiger partial charge in [0.25, 0.3) is 11.6 Å². The highest BCUT2D eigenvalue weighted by molar-refractivity contribution is 5.99. The molecule has 1 amide bonds. The lowest BCUT2D eigenvalue weighted by Gasteiger charge is -2.13. The second-order valence-electron chi connectivity index (χ2n) is 5.82. The van der Waals surface area contributed by atoms with Crippen molar-refractivity contribution in [3.05, 3.63) is 57.9 Å². The molecule has 0 saturated carbocycles. The van der Waals surface area contributed by atoms with Gasteiger partial charge in [0.2, 0.25) is 0 Å². The van der Waals surface area contributed by atoms with Crippen LogP contribution in [0.3, 0.4) is 0 Å². The molecule has 3 aromatic rings. The third-order valence-corrected chi connectivity index (χ3v) is 4.11. The number of nitro groups is 1. The van der Waals surface area contributed by atoms with Gasteiger partial charge in [0.15, 0.2) is 11.5 Å². The Kier molecular flexibility index (Phi) is 4.93. The molecule has 0 fully saturated rings. The Hall–Kier alpha value is -3.62. The van der Waals surface area contributed by atoms with Gasteiger partial charge in [-0.3, -0.25) is 14.9 Å². The number of para-hydroxylation sites is 2. The summed E-state index contributed by atoms with van der Waals surface area (Å²) >= 11 is 0. The zero-order valence-electron chi connectivity index (χ0n) is 15.0. The molecule has 1 aromatic heterocycles. The highest BCUT2D eigenvalue weighted by Crippen LogP contribution is 2.34. The van der Waals surface area contributed by atoms with Crippen LogP contribution in [-0.4, -0.2) is 35.0 Å². The van der Waals surface area contributed by atoms with Gasteiger partial charge in [-0.2, -0.15) is 0 Å². The Morgan fingerprint density at radius 3 is 2.52 bits per heavy atom. The number of fused-ring (bicyclic) bond motifs is 1. The number of H-pyrrole nitrogens is 1. The number of nitrogens with zero attached hydrogens (tertiary/aromatic N) is 2. The van der Waals surface area contributed by atoms with E-state index in [0.29, 0.717) is 5.82 Å². The number of aromatic nitrogens is 2. The quantitative estimate of drug-likeness (QED) is 0.508. The minimum atomic E-state index is -0.636. The fourth-order valence-electron chi connectivity index (χ4n) is 2.72. The second-order valence-corrected chi connectivity index (χ2v) is 5.82. The molecule has 9 heteroatoms. The molecule has 27 heavy (non-hydrogen) atoms. The van der Waals surface area contributed by atoms with Crippen LogP contribution in [0.15, 0.2) is 36.4 Å². The number of ether oxygens (including phenoxy) is 2. The summed E-state index contributed by atoms with van der Waals surface area (Å²) in [5, 5.41) is 14.1. The van der Waals surface area contributed by atoms with Crippen LogP contribution in [-0.2, 0) is 0 Å². The largest absolute Gasteiger partial charge is 0.493 e. The molecule has 140 valence electrons. The zero-order chi connectivity index (χ0) is 19.6. The number of imidazole rings is 1. The summed E-state index contributed by atoms with van der Waals surface area (Å²) in [7, 11) is 2.76. The number of carbonyl (C=O) groups excluding carboxylic acids is 1. The van der Waals surface area contributed by atoms with E-state index in [1.165, 1.54) is 26.4 Å². The molecule has 0 spiro atoms. The smallest absolute Gasteiger partial charge is 0.286 e. The van der Waals surface area contributed by atoms with E-state index in [9.17, 15) is 14.9 Å². The Balaban J connectivity index is 1.91. The van der Waals surface area contributed by atoms with Crippen molar-refractivity contribution in [1.82, 2.24) is 15.3 Å². The molecule has 2 N–H and O–H groups in total. The first-order valence-electron chi connectivity index (χ1n) is 8.10. The normalized spacial score (nSPS) is 11.8. The van der Waals surface area contributed by atoms with Gasteiger partial charge in [0.1, 0.15) is 11.4 Å². The van der Waals surface area contributed by atoms with Crippen LogP contribution >= 0.6 is 0 Å². The topological polar surface area (TPSA) is 119 Å². The molecule has 2 aromatic carbocycles. The Morgan fingerprint density at radius 1 is 1.22 bits per heavy atom. The predicted molar refractivity (Wildman–Crippen MR) is 98.2 cm³/mol. The van der Waals surface area contributed by atoms with Crippen LogP contribution in [0.4, 0.5) is 5.69 Å². The van der Waals surface area contributed by atoms with Crippen LogP contribution in [0.25, 0.3) is 11.0 Å². The minimum Gasteiger partial charge on any atom is -0.493 e. The molecular weight excluding hydrogens is 352 g/mol.